The van der Waals surface area contributed by atoms with Gasteiger partial charge in [0.25, 0.3) is 22.2 Å². The quantitative estimate of drug-likeness (QED) is 0.0921. The first-order valence-corrected chi connectivity index (χ1v) is 22.7. The van der Waals surface area contributed by atoms with Crippen LogP contribution in [0.15, 0.2) is 201 Å². The molecule has 0 aliphatic carbocycles. The van der Waals surface area contributed by atoms with Crippen LogP contribution in [-0.4, -0.2) is 50.8 Å². The molecule has 0 spiro atoms. The first-order chi connectivity index (χ1) is 33.5. The van der Waals surface area contributed by atoms with Crippen LogP contribution in [0.2, 0.25) is 0 Å². The van der Waals surface area contributed by atoms with Gasteiger partial charge in [0.15, 0.2) is 0 Å². The lowest BCUT2D eigenvalue weighted by molar-refractivity contribution is 0.318. The second-order valence-electron chi connectivity index (χ2n) is 16.5. The van der Waals surface area contributed by atoms with E-state index in [1.807, 2.05) is 210 Å². The summed E-state index contributed by atoms with van der Waals surface area (Å²) in [7, 11) is 0. The van der Waals surface area contributed by atoms with Gasteiger partial charge in [0.2, 0.25) is 0 Å². The Labute approximate surface area is 398 Å². The zero-order chi connectivity index (χ0) is 48.6. The Hall–Kier alpha value is -8.68. The van der Waals surface area contributed by atoms with Crippen LogP contribution in [0.4, 0.5) is 0 Å². The second kappa shape index (κ2) is 20.9. The van der Waals surface area contributed by atoms with Crippen molar-refractivity contribution < 1.29 is 5.11 Å². The van der Waals surface area contributed by atoms with E-state index < -0.39 is 11.8 Å². The van der Waals surface area contributed by atoms with Gasteiger partial charge in [0.1, 0.15) is 0 Å². The monoisotopic (exact) mass is 918 g/mol. The van der Waals surface area contributed by atoms with Gasteiger partial charge in [-0.25, -0.2) is 18.7 Å². The molecule has 4 aromatic heterocycles. The number of para-hydroxylation sites is 4. The molecular formula is C56H54N8O5. The Balaban J connectivity index is 0.000000176. The van der Waals surface area contributed by atoms with Gasteiger partial charge in [-0.05, 0) is 94.3 Å². The molecule has 0 bridgehead atoms. The lowest BCUT2D eigenvalue weighted by atomic mass is 9.85. The molecule has 10 rings (SSSR count). The van der Waals surface area contributed by atoms with E-state index in [-0.39, 0.29) is 28.8 Å². The largest absolute Gasteiger partial charge is 0.397 e. The number of aromatic amines is 4. The van der Waals surface area contributed by atoms with Gasteiger partial charge in [-0.2, -0.15) is 0 Å². The summed E-state index contributed by atoms with van der Waals surface area (Å²) in [6.07, 6.45) is 0. The van der Waals surface area contributed by atoms with Crippen molar-refractivity contribution in [3.8, 4) is 22.7 Å². The average Bonchev–Trinajstić information content (AvgIpc) is 4.06. The number of aromatic nitrogens is 8. The van der Waals surface area contributed by atoms with Gasteiger partial charge in [0, 0.05) is 41.2 Å². The fourth-order valence-electron chi connectivity index (χ4n) is 8.88. The maximum atomic E-state index is 13.7. The molecule has 0 aliphatic heterocycles. The molecule has 13 nitrogen and oxygen atoms in total. The van der Waals surface area contributed by atoms with Crippen LogP contribution in [0.3, 0.4) is 0 Å². The minimum Gasteiger partial charge on any atom is -0.397 e. The highest BCUT2D eigenvalue weighted by Crippen LogP contribution is 2.33. The van der Waals surface area contributed by atoms with Crippen molar-refractivity contribution in [1.29, 1.82) is 0 Å². The highest BCUT2D eigenvalue weighted by Gasteiger charge is 2.32. The molecule has 0 unspecified atom stereocenters. The van der Waals surface area contributed by atoms with Gasteiger partial charge < -0.3 is 5.11 Å². The normalized spacial score (nSPS) is 11.0. The van der Waals surface area contributed by atoms with Crippen LogP contribution in [0.5, 0.6) is 0 Å². The lowest BCUT2D eigenvalue weighted by Crippen LogP contribution is -2.25. The molecule has 0 radical (unpaired) electrons. The summed E-state index contributed by atoms with van der Waals surface area (Å²) in [5, 5.41) is 20.4. The highest BCUT2D eigenvalue weighted by molar-refractivity contribution is 5.49. The van der Waals surface area contributed by atoms with Crippen LogP contribution in [0.25, 0.3) is 22.7 Å². The molecule has 0 atom stereocenters. The molecule has 5 N–H and O–H groups in total. The molecule has 4 heterocycles. The first kappa shape index (κ1) is 46.8. The second-order valence-corrected chi connectivity index (χ2v) is 16.5. The summed E-state index contributed by atoms with van der Waals surface area (Å²) in [6, 6.07) is 57.2. The predicted molar refractivity (Wildman–Crippen MR) is 272 cm³/mol. The molecule has 10 aromatic rings. The average molecular weight is 919 g/mol. The molecule has 13 heteroatoms. The van der Waals surface area contributed by atoms with Crippen LogP contribution < -0.4 is 22.2 Å². The maximum absolute atomic E-state index is 13.7. The Kier molecular flexibility index (Phi) is 14.2. The van der Waals surface area contributed by atoms with Gasteiger partial charge in [-0.15, -0.1) is 0 Å². The summed E-state index contributed by atoms with van der Waals surface area (Å²) in [6.45, 7) is 9.45. The Morgan fingerprint density at radius 2 is 0.522 bits per heavy atom. The van der Waals surface area contributed by atoms with Crippen LogP contribution >= 0.6 is 0 Å². The Morgan fingerprint density at radius 3 is 0.710 bits per heavy atom. The van der Waals surface area contributed by atoms with Crippen LogP contribution in [-0.2, 0) is 0 Å². The molecule has 0 aliphatic rings. The van der Waals surface area contributed by atoms with E-state index in [1.165, 1.54) is 0 Å². The topological polar surface area (TPSA) is 171 Å². The van der Waals surface area contributed by atoms with Crippen molar-refractivity contribution in [2.24, 2.45) is 0 Å². The van der Waals surface area contributed by atoms with Crippen molar-refractivity contribution in [3.63, 3.8) is 0 Å². The maximum Gasteiger partial charge on any atom is 0.275 e. The summed E-state index contributed by atoms with van der Waals surface area (Å²) in [5.41, 5.74) is 9.23. The predicted octanol–water partition coefficient (Wildman–Crippen LogP) is 8.88. The summed E-state index contributed by atoms with van der Waals surface area (Å²) in [4.78, 5) is 54.8. The lowest BCUT2D eigenvalue weighted by Gasteiger charge is -2.15. The van der Waals surface area contributed by atoms with E-state index in [0.29, 0.717) is 22.3 Å². The minimum atomic E-state index is -0.520. The smallest absolute Gasteiger partial charge is 0.275 e. The standard InChI is InChI=1S/2C27H24N4O2.C2H6O/c2*1-18-23(26(32)30(28-18)21-14-8-4-9-15-21)25(20-12-6-3-7-13-20)24-19(2)29-31(27(24)33)22-16-10-5-11-17-22;1-2-3/h2*3-17,25,28-29H,1-2H3;3H,2H2,1H3. The Morgan fingerprint density at radius 1 is 0.348 bits per heavy atom. The fourth-order valence-corrected chi connectivity index (χ4v) is 8.88. The van der Waals surface area contributed by atoms with E-state index in [4.69, 9.17) is 5.11 Å². The van der Waals surface area contributed by atoms with Crippen molar-refractivity contribution in [2.45, 2.75) is 46.5 Å². The van der Waals surface area contributed by atoms with Crippen molar-refractivity contribution in [3.05, 3.63) is 280 Å². The molecular weight excluding hydrogens is 865 g/mol. The van der Waals surface area contributed by atoms with Crippen molar-refractivity contribution in [1.82, 2.24) is 39.1 Å². The van der Waals surface area contributed by atoms with E-state index in [1.54, 1.807) is 25.7 Å². The third kappa shape index (κ3) is 9.49. The SMILES string of the molecule is CCO.Cc1[nH]n(-c2ccccc2)c(=O)c1C(c1ccccc1)c1c(C)[nH]n(-c2ccccc2)c1=O.Cc1[nH]n(-c2ccccc2)c(=O)c1C(c1ccccc1)c1c(C)[nH]n(-c2ccccc2)c1=O. The fraction of sp³-hybridized carbons (Fsp3) is 0.143. The third-order valence-corrected chi connectivity index (χ3v) is 11.9. The molecule has 348 valence electrons. The molecule has 0 saturated heterocycles. The van der Waals surface area contributed by atoms with Gasteiger partial charge in [-0.1, -0.05) is 133 Å². The molecule has 0 saturated carbocycles. The number of H-pyrrole nitrogens is 4. The number of aliphatic hydroxyl groups excluding tert-OH is 1. The number of aliphatic hydroxyl groups is 1. The molecule has 69 heavy (non-hydrogen) atoms. The van der Waals surface area contributed by atoms with Gasteiger partial charge in [-0.3, -0.25) is 39.6 Å². The first-order valence-electron chi connectivity index (χ1n) is 22.7. The van der Waals surface area contributed by atoms with E-state index >= 15 is 0 Å². The zero-order valence-electron chi connectivity index (χ0n) is 39.1. The van der Waals surface area contributed by atoms with E-state index in [0.717, 1.165) is 56.7 Å². The third-order valence-electron chi connectivity index (χ3n) is 11.9. The summed E-state index contributed by atoms with van der Waals surface area (Å²) >= 11 is 0. The Bertz CT molecular complexity index is 3080. The summed E-state index contributed by atoms with van der Waals surface area (Å²) in [5.74, 6) is -1.04. The minimum absolute atomic E-state index is 0.168. The number of nitrogens with zero attached hydrogens (tertiary/aromatic N) is 4. The number of nitrogens with one attached hydrogen (secondary N) is 4. The van der Waals surface area contributed by atoms with E-state index in [2.05, 4.69) is 20.4 Å². The molecule has 6 aromatic carbocycles. The number of hydrogen-bond donors (Lipinski definition) is 5. The number of aryl methyl sites for hydroxylation is 4. The van der Waals surface area contributed by atoms with Gasteiger partial charge >= 0.3 is 0 Å². The number of rotatable bonds is 10. The van der Waals surface area contributed by atoms with Crippen LogP contribution in [0, 0.1) is 27.7 Å². The molecule has 0 fully saturated rings. The van der Waals surface area contributed by atoms with E-state index in [9.17, 15) is 19.2 Å². The molecule has 0 amide bonds. The summed E-state index contributed by atoms with van der Waals surface area (Å²) < 4.78 is 6.16. The van der Waals surface area contributed by atoms with Crippen LogP contribution in [0.1, 0.15) is 74.9 Å². The van der Waals surface area contributed by atoms with Crippen molar-refractivity contribution in [2.75, 3.05) is 6.61 Å². The zero-order valence-corrected chi connectivity index (χ0v) is 39.1. The number of hydrogen-bond acceptors (Lipinski definition) is 5. The highest BCUT2D eigenvalue weighted by atomic mass is 16.2. The van der Waals surface area contributed by atoms with Gasteiger partial charge in [0.05, 0.1) is 45.0 Å². The number of benzene rings is 6. The van der Waals surface area contributed by atoms with Crippen molar-refractivity contribution >= 4 is 0 Å².